The van der Waals surface area contributed by atoms with Crippen molar-refractivity contribution in [1.82, 2.24) is 19.5 Å². The summed E-state index contributed by atoms with van der Waals surface area (Å²) < 4.78 is 59.3. The first-order valence-electron chi connectivity index (χ1n) is 9.67. The second-order valence-corrected chi connectivity index (χ2v) is 9.48. The van der Waals surface area contributed by atoms with Crippen LogP contribution in [-0.2, 0) is 10.0 Å². The Morgan fingerprint density at radius 1 is 1.22 bits per heavy atom. The number of rotatable bonds is 9. The number of nitrogens with one attached hydrogen (secondary N) is 2. The molecule has 11 nitrogen and oxygen atoms in total. The predicted octanol–water partition coefficient (Wildman–Crippen LogP) is 2.84. The highest BCUT2D eigenvalue weighted by Crippen LogP contribution is 2.39. The molecule has 3 rings (SSSR count). The maximum Gasteiger partial charge on any atom is 0.349 e. The Balaban J connectivity index is 1.99. The Morgan fingerprint density at radius 2 is 1.86 bits per heavy atom. The van der Waals surface area contributed by atoms with E-state index in [1.807, 2.05) is 0 Å². The number of phenols is 1. The number of aliphatic hydroxyl groups is 1. The van der Waals surface area contributed by atoms with E-state index in [1.54, 1.807) is 4.98 Å². The van der Waals surface area contributed by atoms with Gasteiger partial charge in [0, 0.05) is 24.8 Å². The first-order chi connectivity index (χ1) is 16.8. The zero-order chi connectivity index (χ0) is 26.8. The summed E-state index contributed by atoms with van der Waals surface area (Å²) in [5.41, 5.74) is -3.88. The highest BCUT2D eigenvalue weighted by atomic mass is 35.5. The van der Waals surface area contributed by atoms with E-state index in [9.17, 15) is 31.9 Å². The summed E-state index contributed by atoms with van der Waals surface area (Å²) in [6, 6.07) is 5.38. The monoisotopic (exact) mass is 564 g/mol. The largest absolute Gasteiger partial charge is 0.507 e. The number of ether oxygens (including phenoxy) is 1. The van der Waals surface area contributed by atoms with Gasteiger partial charge in [0.1, 0.15) is 16.4 Å². The normalized spacial score (nSPS) is 11.5. The number of sulfonamides is 1. The number of H-pyrrole nitrogens is 1. The molecule has 0 bridgehead atoms. The zero-order valence-corrected chi connectivity index (χ0v) is 20.2. The lowest BCUT2D eigenvalue weighted by Gasteiger charge is -2.15. The Morgan fingerprint density at radius 3 is 2.44 bits per heavy atom. The van der Waals surface area contributed by atoms with E-state index < -0.39 is 44.0 Å². The van der Waals surface area contributed by atoms with Crippen LogP contribution in [0.4, 0.5) is 8.78 Å². The minimum absolute atomic E-state index is 0.0222. The van der Waals surface area contributed by atoms with Gasteiger partial charge in [-0.3, -0.25) is 14.5 Å². The van der Waals surface area contributed by atoms with Gasteiger partial charge in [-0.1, -0.05) is 29.8 Å². The van der Waals surface area contributed by atoms with E-state index in [0.717, 1.165) is 24.3 Å². The summed E-state index contributed by atoms with van der Waals surface area (Å²) in [7, 11) is -4.30. The molecule has 0 aliphatic rings. The van der Waals surface area contributed by atoms with Gasteiger partial charge >= 0.3 is 5.69 Å². The van der Waals surface area contributed by atoms with Crippen molar-refractivity contribution >= 4 is 33.2 Å². The van der Waals surface area contributed by atoms with Crippen molar-refractivity contribution in [3.05, 3.63) is 79.2 Å². The van der Waals surface area contributed by atoms with E-state index in [2.05, 4.69) is 16.4 Å². The van der Waals surface area contributed by atoms with Crippen LogP contribution in [0.25, 0.3) is 5.69 Å². The molecular weight excluding hydrogens is 549 g/mol. The second-order valence-electron chi connectivity index (χ2n) is 7.01. The van der Waals surface area contributed by atoms with Gasteiger partial charge in [0.05, 0.1) is 15.7 Å². The number of aromatic hydroxyl groups is 1. The van der Waals surface area contributed by atoms with Crippen molar-refractivity contribution in [3.63, 3.8) is 0 Å². The number of phenolic OH excluding ortho intramolecular Hbond substituents is 1. The predicted molar refractivity (Wildman–Crippen MR) is 125 cm³/mol. The van der Waals surface area contributed by atoms with Crippen LogP contribution in [-0.4, -0.2) is 40.0 Å². The molecule has 0 radical (unpaired) electrons. The van der Waals surface area contributed by atoms with Crippen LogP contribution in [0.15, 0.2) is 57.1 Å². The van der Waals surface area contributed by atoms with Gasteiger partial charge in [-0.2, -0.15) is 9.78 Å². The standard InChI is InChI=1S/C20H16Cl2F2N4O7S/c1-9(4-5-29)27-36(33,34)15-8-11(2-3-14(15)30)35-17-12(21)6-10(7-13(17)22)28-20(32)25-19(31)16(26-28)18(23)24/h2-3,6-8,18,27,29-30H,1,4-5H2,(H,25,31,32). The lowest BCUT2D eigenvalue weighted by Crippen LogP contribution is -2.34. The summed E-state index contributed by atoms with van der Waals surface area (Å²) in [6.07, 6.45) is -3.32. The first kappa shape index (κ1) is 27.1. The summed E-state index contributed by atoms with van der Waals surface area (Å²) in [6.45, 7) is 3.12. The van der Waals surface area contributed by atoms with Crippen LogP contribution >= 0.6 is 23.2 Å². The van der Waals surface area contributed by atoms with Gasteiger partial charge in [-0.05, 0) is 24.3 Å². The number of hydrogen-bond acceptors (Lipinski definition) is 8. The fraction of sp³-hybridized carbons (Fsp3) is 0.150. The Labute approximate surface area is 211 Å². The molecule has 0 unspecified atom stereocenters. The number of aliphatic hydroxyl groups excluding tert-OH is 1. The van der Waals surface area contributed by atoms with Crippen LogP contribution in [0, 0.1) is 0 Å². The van der Waals surface area contributed by atoms with Gasteiger partial charge in [-0.15, -0.1) is 0 Å². The van der Waals surface area contributed by atoms with Crippen LogP contribution in [0.2, 0.25) is 10.0 Å². The third kappa shape index (κ3) is 5.84. The fourth-order valence-corrected chi connectivity index (χ4v) is 4.58. The maximum absolute atomic E-state index is 13.0. The van der Waals surface area contributed by atoms with Gasteiger partial charge in [-0.25, -0.2) is 22.0 Å². The molecule has 0 saturated carbocycles. The number of hydrogen-bond donors (Lipinski definition) is 4. The summed E-state index contributed by atoms with van der Waals surface area (Å²) in [5.74, 6) is -0.949. The van der Waals surface area contributed by atoms with E-state index in [0.29, 0.717) is 4.68 Å². The van der Waals surface area contributed by atoms with Crippen molar-refractivity contribution in [1.29, 1.82) is 0 Å². The smallest absolute Gasteiger partial charge is 0.349 e. The third-order valence-electron chi connectivity index (χ3n) is 4.42. The minimum Gasteiger partial charge on any atom is -0.507 e. The fourth-order valence-electron chi connectivity index (χ4n) is 2.82. The van der Waals surface area contributed by atoms with Gasteiger partial charge in [0.2, 0.25) is 0 Å². The Kier molecular flexibility index (Phi) is 8.03. The average Bonchev–Trinajstić information content (AvgIpc) is 2.76. The van der Waals surface area contributed by atoms with Crippen molar-refractivity contribution < 1.29 is 32.1 Å². The molecule has 2 aromatic carbocycles. The summed E-state index contributed by atoms with van der Waals surface area (Å²) in [4.78, 5) is 24.7. The van der Waals surface area contributed by atoms with Crippen LogP contribution in [0.1, 0.15) is 18.5 Å². The minimum atomic E-state index is -4.30. The van der Waals surface area contributed by atoms with Crippen LogP contribution in [0.5, 0.6) is 17.2 Å². The zero-order valence-electron chi connectivity index (χ0n) is 17.8. The molecule has 0 atom stereocenters. The topological polar surface area (TPSA) is 164 Å². The van der Waals surface area contributed by atoms with Gasteiger partial charge in [0.15, 0.2) is 11.4 Å². The summed E-state index contributed by atoms with van der Waals surface area (Å²) >= 11 is 12.4. The first-order valence-corrected chi connectivity index (χ1v) is 11.9. The van der Waals surface area contributed by atoms with E-state index >= 15 is 0 Å². The van der Waals surface area contributed by atoms with Crippen molar-refractivity contribution in [2.75, 3.05) is 6.61 Å². The number of alkyl halides is 2. The molecule has 0 saturated heterocycles. The lowest BCUT2D eigenvalue weighted by atomic mass is 10.3. The van der Waals surface area contributed by atoms with Gasteiger partial charge < -0.3 is 14.9 Å². The maximum atomic E-state index is 13.0. The molecule has 0 aliphatic carbocycles. The number of aromatic nitrogens is 3. The SMILES string of the molecule is C=C(CCO)NS(=O)(=O)c1cc(Oc2c(Cl)cc(-n3nc(C(F)F)c(=O)[nH]c3=O)cc2Cl)ccc1O. The lowest BCUT2D eigenvalue weighted by molar-refractivity contribution is 0.141. The number of aromatic amines is 1. The quantitative estimate of drug-likeness (QED) is 0.308. The molecule has 192 valence electrons. The molecule has 1 aromatic heterocycles. The highest BCUT2D eigenvalue weighted by molar-refractivity contribution is 7.89. The van der Waals surface area contributed by atoms with Crippen LogP contribution < -0.4 is 20.7 Å². The van der Waals surface area contributed by atoms with Gasteiger partial charge in [0.25, 0.3) is 22.0 Å². The Hall–Kier alpha value is -3.46. The molecule has 1 heterocycles. The van der Waals surface area contributed by atoms with Crippen LogP contribution in [0.3, 0.4) is 0 Å². The average molecular weight is 565 g/mol. The molecule has 4 N–H and O–H groups in total. The molecule has 16 heteroatoms. The number of halogens is 4. The third-order valence-corrected chi connectivity index (χ3v) is 6.45. The molecular formula is C20H16Cl2F2N4O7S. The molecule has 0 fully saturated rings. The molecule has 0 aliphatic heterocycles. The Bertz CT molecular complexity index is 1540. The molecule has 3 aromatic rings. The molecule has 0 spiro atoms. The highest BCUT2D eigenvalue weighted by Gasteiger charge is 2.22. The number of benzene rings is 2. The van der Waals surface area contributed by atoms with Crippen molar-refractivity contribution in [2.24, 2.45) is 0 Å². The van der Waals surface area contributed by atoms with Crippen molar-refractivity contribution in [3.8, 4) is 22.9 Å². The number of nitrogens with zero attached hydrogens (tertiary/aromatic N) is 2. The molecule has 0 amide bonds. The van der Waals surface area contributed by atoms with Crippen molar-refractivity contribution in [2.45, 2.75) is 17.7 Å². The van der Waals surface area contributed by atoms with E-state index in [4.69, 9.17) is 33.0 Å². The van der Waals surface area contributed by atoms with E-state index in [-0.39, 0.29) is 46.0 Å². The second kappa shape index (κ2) is 10.7. The molecule has 36 heavy (non-hydrogen) atoms. The van der Waals surface area contributed by atoms with E-state index in [1.165, 1.54) is 6.07 Å². The summed E-state index contributed by atoms with van der Waals surface area (Å²) in [5, 5.41) is 21.8.